The van der Waals surface area contributed by atoms with Gasteiger partial charge in [-0.05, 0) is 33.6 Å². The number of benzene rings is 2. The standard InChI is InChI=1S/C16H14BrNO5/c1-22-11-7-12(15(19)20)14(13(17)8-11)18-16(21)23-9-10-5-3-2-4-6-10/h2-8H,9H2,1H3,(H,18,21)(H,19,20). The summed E-state index contributed by atoms with van der Waals surface area (Å²) in [7, 11) is 1.43. The molecular weight excluding hydrogens is 366 g/mol. The lowest BCUT2D eigenvalue weighted by molar-refractivity contribution is 0.0697. The largest absolute Gasteiger partial charge is 0.497 e. The Bertz CT molecular complexity index is 718. The molecule has 120 valence electrons. The first-order valence-electron chi connectivity index (χ1n) is 6.59. The van der Waals surface area contributed by atoms with Crippen molar-refractivity contribution in [1.82, 2.24) is 0 Å². The van der Waals surface area contributed by atoms with E-state index in [0.29, 0.717) is 10.2 Å². The maximum Gasteiger partial charge on any atom is 0.412 e. The SMILES string of the molecule is COc1cc(Br)c(NC(=O)OCc2ccccc2)c(C(=O)O)c1. The average Bonchev–Trinajstić information content (AvgIpc) is 2.55. The van der Waals surface area contributed by atoms with E-state index < -0.39 is 12.1 Å². The van der Waals surface area contributed by atoms with Crippen molar-refractivity contribution in [2.75, 3.05) is 12.4 Å². The van der Waals surface area contributed by atoms with Crippen molar-refractivity contribution >= 4 is 33.7 Å². The van der Waals surface area contributed by atoms with E-state index in [4.69, 9.17) is 9.47 Å². The number of anilines is 1. The molecule has 1 amide bonds. The predicted molar refractivity (Wildman–Crippen MR) is 87.9 cm³/mol. The predicted octanol–water partition coefficient (Wildman–Crippen LogP) is 3.90. The van der Waals surface area contributed by atoms with Crippen LogP contribution in [0.25, 0.3) is 0 Å². The summed E-state index contributed by atoms with van der Waals surface area (Å²) in [6, 6.07) is 12.0. The molecule has 0 atom stereocenters. The van der Waals surface area contributed by atoms with Gasteiger partial charge in [0.15, 0.2) is 0 Å². The Morgan fingerprint density at radius 3 is 2.52 bits per heavy atom. The zero-order chi connectivity index (χ0) is 16.8. The van der Waals surface area contributed by atoms with Crippen LogP contribution in [0.2, 0.25) is 0 Å². The molecule has 2 aromatic rings. The summed E-state index contributed by atoms with van der Waals surface area (Å²) in [5.41, 5.74) is 0.833. The Labute approximate surface area is 141 Å². The summed E-state index contributed by atoms with van der Waals surface area (Å²) in [5.74, 6) is -0.833. The number of carbonyl (C=O) groups is 2. The summed E-state index contributed by atoms with van der Waals surface area (Å²) in [6.07, 6.45) is -0.748. The first-order chi connectivity index (χ1) is 11.0. The van der Waals surface area contributed by atoms with Crippen molar-refractivity contribution in [3.8, 4) is 5.75 Å². The van der Waals surface area contributed by atoms with Gasteiger partial charge < -0.3 is 14.6 Å². The first-order valence-corrected chi connectivity index (χ1v) is 7.39. The van der Waals surface area contributed by atoms with Crippen LogP contribution in [-0.4, -0.2) is 24.3 Å². The average molecular weight is 380 g/mol. The molecule has 2 rings (SSSR count). The number of hydrogen-bond donors (Lipinski definition) is 2. The highest BCUT2D eigenvalue weighted by atomic mass is 79.9. The summed E-state index contributed by atoms with van der Waals surface area (Å²) >= 11 is 3.22. The number of ether oxygens (including phenoxy) is 2. The Morgan fingerprint density at radius 1 is 1.22 bits per heavy atom. The minimum Gasteiger partial charge on any atom is -0.497 e. The van der Waals surface area contributed by atoms with Crippen LogP contribution in [0.15, 0.2) is 46.9 Å². The monoisotopic (exact) mass is 379 g/mol. The summed E-state index contributed by atoms with van der Waals surface area (Å²) in [5, 5.41) is 11.7. The van der Waals surface area contributed by atoms with Gasteiger partial charge in [-0.25, -0.2) is 9.59 Å². The van der Waals surface area contributed by atoms with Crippen LogP contribution >= 0.6 is 15.9 Å². The van der Waals surface area contributed by atoms with Crippen LogP contribution in [0.3, 0.4) is 0 Å². The molecule has 0 aromatic heterocycles. The minimum absolute atomic E-state index is 0.0862. The Hall–Kier alpha value is -2.54. The van der Waals surface area contributed by atoms with E-state index in [0.717, 1.165) is 5.56 Å². The van der Waals surface area contributed by atoms with E-state index in [2.05, 4.69) is 21.2 Å². The first kappa shape index (κ1) is 16.8. The van der Waals surface area contributed by atoms with Crippen LogP contribution < -0.4 is 10.1 Å². The van der Waals surface area contributed by atoms with Gasteiger partial charge in [-0.2, -0.15) is 0 Å². The van der Waals surface area contributed by atoms with Gasteiger partial charge >= 0.3 is 12.1 Å². The number of carboxylic acids is 1. The van der Waals surface area contributed by atoms with E-state index in [1.807, 2.05) is 30.3 Å². The number of aromatic carboxylic acids is 1. The Balaban J connectivity index is 2.12. The lowest BCUT2D eigenvalue weighted by atomic mass is 10.1. The molecule has 6 nitrogen and oxygen atoms in total. The molecule has 0 bridgehead atoms. The topological polar surface area (TPSA) is 84.9 Å². The minimum atomic E-state index is -1.19. The fourth-order valence-electron chi connectivity index (χ4n) is 1.86. The fourth-order valence-corrected chi connectivity index (χ4v) is 2.39. The van der Waals surface area contributed by atoms with Crippen LogP contribution in [0.5, 0.6) is 5.75 Å². The molecule has 0 saturated heterocycles. The molecule has 0 radical (unpaired) electrons. The number of halogens is 1. The van der Waals surface area contributed by atoms with E-state index in [9.17, 15) is 14.7 Å². The molecule has 0 aliphatic heterocycles. The van der Waals surface area contributed by atoms with E-state index in [1.165, 1.54) is 13.2 Å². The second-order valence-electron chi connectivity index (χ2n) is 4.52. The van der Waals surface area contributed by atoms with Crippen molar-refractivity contribution in [3.63, 3.8) is 0 Å². The van der Waals surface area contributed by atoms with Gasteiger partial charge in [0.2, 0.25) is 0 Å². The highest BCUT2D eigenvalue weighted by Crippen LogP contribution is 2.32. The number of nitrogens with one attached hydrogen (secondary N) is 1. The van der Waals surface area contributed by atoms with Gasteiger partial charge in [-0.15, -0.1) is 0 Å². The van der Waals surface area contributed by atoms with Crippen LogP contribution in [0, 0.1) is 0 Å². The van der Waals surface area contributed by atoms with Gasteiger partial charge in [-0.3, -0.25) is 5.32 Å². The van der Waals surface area contributed by atoms with Gasteiger partial charge in [0.25, 0.3) is 0 Å². The van der Waals surface area contributed by atoms with Crippen molar-refractivity contribution in [1.29, 1.82) is 0 Å². The van der Waals surface area contributed by atoms with Crippen LogP contribution in [0.4, 0.5) is 10.5 Å². The van der Waals surface area contributed by atoms with E-state index >= 15 is 0 Å². The molecule has 0 unspecified atom stereocenters. The van der Waals surface area contributed by atoms with Crippen molar-refractivity contribution in [3.05, 3.63) is 58.1 Å². The number of carbonyl (C=O) groups excluding carboxylic acids is 1. The molecule has 0 saturated carbocycles. The molecule has 7 heteroatoms. The zero-order valence-electron chi connectivity index (χ0n) is 12.2. The third-order valence-corrected chi connectivity index (χ3v) is 3.60. The van der Waals surface area contributed by atoms with Gasteiger partial charge in [0, 0.05) is 4.47 Å². The molecule has 23 heavy (non-hydrogen) atoms. The van der Waals surface area contributed by atoms with E-state index in [-0.39, 0.29) is 17.9 Å². The maximum absolute atomic E-state index is 11.9. The lowest BCUT2D eigenvalue weighted by Crippen LogP contribution is -2.16. The molecule has 0 heterocycles. The Morgan fingerprint density at radius 2 is 1.91 bits per heavy atom. The Kier molecular flexibility index (Phi) is 5.59. The molecule has 0 fully saturated rings. The summed E-state index contributed by atoms with van der Waals surface area (Å²) in [4.78, 5) is 23.2. The smallest absolute Gasteiger partial charge is 0.412 e. The molecule has 2 aromatic carbocycles. The number of amides is 1. The second kappa shape index (κ2) is 7.64. The van der Waals surface area contributed by atoms with Crippen molar-refractivity contribution in [2.24, 2.45) is 0 Å². The molecule has 0 aliphatic carbocycles. The quantitative estimate of drug-likeness (QED) is 0.822. The highest BCUT2D eigenvalue weighted by molar-refractivity contribution is 9.10. The molecular formula is C16H14BrNO5. The zero-order valence-corrected chi connectivity index (χ0v) is 13.8. The third-order valence-electron chi connectivity index (χ3n) is 2.97. The number of hydrogen-bond acceptors (Lipinski definition) is 4. The third kappa shape index (κ3) is 4.46. The van der Waals surface area contributed by atoms with E-state index in [1.54, 1.807) is 6.07 Å². The summed E-state index contributed by atoms with van der Waals surface area (Å²) < 4.78 is 10.5. The molecule has 2 N–H and O–H groups in total. The van der Waals surface area contributed by atoms with Crippen molar-refractivity contribution in [2.45, 2.75) is 6.61 Å². The van der Waals surface area contributed by atoms with Gasteiger partial charge in [-0.1, -0.05) is 30.3 Å². The number of carboxylic acid groups (broad SMARTS) is 1. The van der Waals surface area contributed by atoms with Gasteiger partial charge in [0.05, 0.1) is 18.4 Å². The fraction of sp³-hybridized carbons (Fsp3) is 0.125. The van der Waals surface area contributed by atoms with Crippen LogP contribution in [0.1, 0.15) is 15.9 Å². The maximum atomic E-state index is 11.9. The number of methoxy groups -OCH3 is 1. The van der Waals surface area contributed by atoms with Crippen molar-refractivity contribution < 1.29 is 24.2 Å². The second-order valence-corrected chi connectivity index (χ2v) is 5.38. The van der Waals surface area contributed by atoms with Crippen LogP contribution in [-0.2, 0) is 11.3 Å². The summed E-state index contributed by atoms with van der Waals surface area (Å²) in [6.45, 7) is 0.0862. The highest BCUT2D eigenvalue weighted by Gasteiger charge is 2.18. The lowest BCUT2D eigenvalue weighted by Gasteiger charge is -2.13. The normalized spacial score (nSPS) is 10.0. The molecule has 0 spiro atoms. The number of rotatable bonds is 5. The molecule has 0 aliphatic rings. The van der Waals surface area contributed by atoms with Gasteiger partial charge in [0.1, 0.15) is 12.4 Å².